The minimum Gasteiger partial charge on any atom is -0.395 e. The third kappa shape index (κ3) is 22.9. The molecule has 0 spiro atoms. The number of carbonyl (C=O) groups excluding carboxylic acids is 3. The molecule has 0 unspecified atom stereocenters. The molecule has 25 heteroatoms. The largest absolute Gasteiger partial charge is 0.395 e. The van der Waals surface area contributed by atoms with Crippen LogP contribution in [0.1, 0.15) is 125 Å². The Morgan fingerprint density at radius 3 is 1.02 bits per heavy atom. The molecule has 10 aliphatic heterocycles. The lowest BCUT2D eigenvalue weighted by molar-refractivity contribution is -0.139. The molecule has 10 aliphatic rings. The molecule has 0 aliphatic carbocycles. The lowest BCUT2D eigenvalue weighted by Gasteiger charge is -2.57. The maximum atomic E-state index is 13.4. The first-order valence-electron chi connectivity index (χ1n) is 50.5. The summed E-state index contributed by atoms with van der Waals surface area (Å²) in [6.07, 6.45) is 13.3. The number of benzene rings is 8. The van der Waals surface area contributed by atoms with E-state index in [1.165, 1.54) is 84.2 Å². The van der Waals surface area contributed by atoms with Crippen molar-refractivity contribution in [1.82, 2.24) is 62.9 Å². The van der Waals surface area contributed by atoms with E-state index in [0.29, 0.717) is 88.4 Å². The lowest BCUT2D eigenvalue weighted by atomic mass is 9.74. The van der Waals surface area contributed by atoms with Crippen LogP contribution in [0.4, 0.5) is 0 Å². The van der Waals surface area contributed by atoms with Gasteiger partial charge in [0.15, 0.2) is 5.03 Å². The molecule has 12 heterocycles. The Morgan fingerprint density at radius 2 is 0.696 bits per heavy atom. The molecule has 2 aromatic heterocycles. The molecule has 0 saturated carbocycles. The van der Waals surface area contributed by atoms with Crippen molar-refractivity contribution in [3.63, 3.8) is 0 Å². The number of ether oxygens (including phenoxy) is 4. The lowest BCUT2D eigenvalue weighted by Crippen LogP contribution is -2.68. The standard InChI is InChI=1S/C30H35N3O2.C29H39N3O3.C28H37N3O3.C26H32N4O3S/c1-22-9-3-4-11-26(22)23-12-14-24(15-13-23)30-27-20-32(29(34)19-25-10-5-6-16-31-25)17-7-8-18-33(27)28(30)21-35-2;1-22-7-3-4-8-25(22)23-9-11-24(12-10-23)29-26-19-31(28(33)20-30-15-17-35-18-16-30)13-5-6-14-32(26)27(29)21-34-2;1-21-6-2-3-7-24(21)22-8-10-23(11-9-22)28-25-18-30(12-4-5-13-31(25)26(28)20-32)27(33)19-29-14-16-34-17-15-29;1-19-7-3-4-8-22(19)20-9-11-21(12-10-20)26-23-15-29(13-5-6-14-30(23)24(26)17-31)34(32,33)25-16-28(2)18-27-25/h3-6,9-16,27-28,30H,7-8,17-21H2,1-2H3;3-4,7-12,26-27,29H,5-6,13-21H2,1-2H3;2-3,6-11,25-26,28,32H,4-5,12-20H2,1H3;3-4,7-12,16,18,23-24,26,31H,5-6,13-15,17H2,1-2H3/t27-,28+,30-;26-,27+,29+;25-,26+,28-;23-,24+,26+/m0000/s1. The number of amides is 3. The van der Waals surface area contributed by atoms with Gasteiger partial charge in [-0.05, 0) is 206 Å². The molecule has 2 N–H and O–H groups in total. The third-order valence-electron chi connectivity index (χ3n) is 31.1. The van der Waals surface area contributed by atoms with Crippen LogP contribution < -0.4 is 0 Å². The van der Waals surface area contributed by atoms with E-state index < -0.39 is 10.0 Å². The van der Waals surface area contributed by atoms with E-state index in [9.17, 15) is 33.0 Å². The number of nitrogens with zero attached hydrogens (tertiary/aromatic N) is 13. The zero-order valence-electron chi connectivity index (χ0n) is 81.9. The minimum atomic E-state index is -3.67. The second-order valence-corrected chi connectivity index (χ2v) is 41.4. The molecule has 732 valence electrons. The second kappa shape index (κ2) is 47.0. The highest BCUT2D eigenvalue weighted by Crippen LogP contribution is 2.48. The first-order chi connectivity index (χ1) is 67.4. The smallest absolute Gasteiger partial charge is 0.262 e. The van der Waals surface area contributed by atoms with E-state index in [1.54, 1.807) is 42.5 Å². The molecule has 8 aromatic carbocycles. The molecule has 10 saturated heterocycles. The summed E-state index contributed by atoms with van der Waals surface area (Å²) < 4.78 is 52.2. The minimum absolute atomic E-state index is 0.00631. The summed E-state index contributed by atoms with van der Waals surface area (Å²) in [7, 11) is 1.69. The zero-order chi connectivity index (χ0) is 95.8. The number of pyridine rings is 1. The van der Waals surface area contributed by atoms with Gasteiger partial charge in [0.1, 0.15) is 0 Å². The maximum Gasteiger partial charge on any atom is 0.262 e. The van der Waals surface area contributed by atoms with Gasteiger partial charge in [-0.2, -0.15) is 4.31 Å². The number of imidazole rings is 1. The van der Waals surface area contributed by atoms with Crippen LogP contribution in [0.5, 0.6) is 0 Å². The predicted molar refractivity (Wildman–Crippen MR) is 544 cm³/mol. The van der Waals surface area contributed by atoms with Crippen molar-refractivity contribution in [2.24, 2.45) is 7.05 Å². The van der Waals surface area contributed by atoms with E-state index in [0.717, 1.165) is 180 Å². The average molecular weight is 1890 g/mol. The summed E-state index contributed by atoms with van der Waals surface area (Å²) in [5.74, 6) is 1.71. The number of fused-ring (bicyclic) bond motifs is 4. The van der Waals surface area contributed by atoms with E-state index in [-0.39, 0.29) is 72.0 Å². The molecule has 0 radical (unpaired) electrons. The highest BCUT2D eigenvalue weighted by Gasteiger charge is 2.54. The number of rotatable bonds is 22. The van der Waals surface area contributed by atoms with Crippen LogP contribution >= 0.6 is 0 Å². The number of aliphatic hydroxyl groups excluding tert-OH is 2. The molecule has 3 amide bonds. The summed E-state index contributed by atoms with van der Waals surface area (Å²) in [6, 6.07) is 77.0. The summed E-state index contributed by atoms with van der Waals surface area (Å²) in [4.78, 5) is 68.8. The molecule has 12 atom stereocenters. The van der Waals surface area contributed by atoms with E-state index in [4.69, 9.17) is 18.9 Å². The number of carbonyl (C=O) groups is 3. The van der Waals surface area contributed by atoms with Crippen LogP contribution in [0, 0.1) is 27.7 Å². The fraction of sp³-hybridized carbons (Fsp3) is 0.478. The number of aromatic nitrogens is 3. The first kappa shape index (κ1) is 99.5. The Balaban J connectivity index is 0.000000127. The van der Waals surface area contributed by atoms with Gasteiger partial charge in [-0.15, -0.1) is 0 Å². The van der Waals surface area contributed by atoms with Gasteiger partial charge in [-0.1, -0.05) is 200 Å². The van der Waals surface area contributed by atoms with Gasteiger partial charge in [-0.3, -0.25) is 48.8 Å². The molecular formula is C113H143N13O11S. The van der Waals surface area contributed by atoms with Gasteiger partial charge in [-0.25, -0.2) is 13.4 Å². The highest BCUT2D eigenvalue weighted by atomic mass is 32.2. The van der Waals surface area contributed by atoms with Crippen LogP contribution in [-0.2, 0) is 56.8 Å². The van der Waals surface area contributed by atoms with Crippen LogP contribution in [0.3, 0.4) is 0 Å². The molecule has 20 rings (SSSR count). The summed E-state index contributed by atoms with van der Waals surface area (Å²) >= 11 is 0. The molecular weight excluding hydrogens is 1750 g/mol. The van der Waals surface area contributed by atoms with Crippen LogP contribution in [-0.4, -0.2) is 333 Å². The normalized spacial score (nSPS) is 24.7. The monoisotopic (exact) mass is 1890 g/mol. The summed E-state index contributed by atoms with van der Waals surface area (Å²) in [5.41, 5.74) is 20.9. The third-order valence-corrected chi connectivity index (χ3v) is 32.8. The Kier molecular flexibility index (Phi) is 33.9. The zero-order valence-corrected chi connectivity index (χ0v) is 82.7. The van der Waals surface area contributed by atoms with Crippen molar-refractivity contribution in [3.8, 4) is 44.5 Å². The van der Waals surface area contributed by atoms with Crippen molar-refractivity contribution < 1.29 is 52.0 Å². The van der Waals surface area contributed by atoms with Gasteiger partial charge in [0.05, 0.1) is 78.7 Å². The Hall–Kier alpha value is -10.0. The predicted octanol–water partition coefficient (Wildman–Crippen LogP) is 13.9. The van der Waals surface area contributed by atoms with Crippen molar-refractivity contribution in [2.75, 3.05) is 185 Å². The number of sulfonamides is 1. The fourth-order valence-electron chi connectivity index (χ4n) is 23.6. The number of aliphatic hydroxyl groups is 2. The van der Waals surface area contributed by atoms with E-state index in [1.807, 2.05) is 30.3 Å². The Morgan fingerprint density at radius 1 is 0.377 bits per heavy atom. The van der Waals surface area contributed by atoms with Crippen LogP contribution in [0.25, 0.3) is 44.5 Å². The highest BCUT2D eigenvalue weighted by molar-refractivity contribution is 7.89. The van der Waals surface area contributed by atoms with Crippen LogP contribution in [0.2, 0.25) is 0 Å². The number of aryl methyl sites for hydroxylation is 5. The van der Waals surface area contributed by atoms with Crippen molar-refractivity contribution in [1.29, 1.82) is 0 Å². The average Bonchev–Trinajstić information content (AvgIpc) is 0.863. The van der Waals surface area contributed by atoms with E-state index >= 15 is 0 Å². The van der Waals surface area contributed by atoms with Crippen LogP contribution in [0.15, 0.2) is 236 Å². The maximum absolute atomic E-state index is 13.4. The number of hydrogen-bond donors (Lipinski definition) is 2. The fourth-order valence-corrected chi connectivity index (χ4v) is 25.0. The Bertz CT molecular complexity index is 5750. The Labute approximate surface area is 817 Å². The van der Waals surface area contributed by atoms with Gasteiger partial charge >= 0.3 is 0 Å². The van der Waals surface area contributed by atoms with Crippen molar-refractivity contribution >= 4 is 27.7 Å². The van der Waals surface area contributed by atoms with Gasteiger partial charge in [0, 0.05) is 190 Å². The quantitative estimate of drug-likeness (QED) is 0.0643. The number of hydrogen-bond acceptors (Lipinski definition) is 19. The topological polar surface area (TPSA) is 226 Å². The summed E-state index contributed by atoms with van der Waals surface area (Å²) in [5, 5.41) is 20.5. The number of methoxy groups -OCH3 is 2. The summed E-state index contributed by atoms with van der Waals surface area (Å²) in [6.45, 7) is 27.2. The molecule has 0 bridgehead atoms. The molecule has 10 aromatic rings. The molecule has 138 heavy (non-hydrogen) atoms. The number of morpholine rings is 2. The van der Waals surface area contributed by atoms with E-state index in [2.05, 4.69) is 264 Å². The van der Waals surface area contributed by atoms with Gasteiger partial charge in [0.2, 0.25) is 17.7 Å². The van der Waals surface area contributed by atoms with Crippen molar-refractivity contribution in [3.05, 3.63) is 281 Å². The first-order valence-corrected chi connectivity index (χ1v) is 52.0. The van der Waals surface area contributed by atoms with Gasteiger partial charge < -0.3 is 48.4 Å². The SMILES string of the molecule is COC[C@@H]1[C@@H](c2ccc(-c3ccccc3C)cc2)[C@@H]2CN(C(=O)Cc3ccccn3)CCCCN12.COC[C@@H]1[C@H](c2ccc(-c3ccccc3C)cc2)[C@@H]2CN(C(=O)CN3CCOCC3)CCCCN12.Cc1ccccc1-c1ccc([C@@H]2[C@@H](CO)N3CCCCN(C(=O)CN4CCOCC4)C[C@@H]23)cc1.Cc1ccccc1-c1ccc([C@H]2[C@@H](CO)N3CCCCN(S(=O)(=O)c4cn(C)cn4)C[C@@H]23)cc1. The molecule has 10 fully saturated rings. The van der Waals surface area contributed by atoms with Crippen molar-refractivity contribution in [2.45, 2.75) is 163 Å². The second-order valence-electron chi connectivity index (χ2n) is 39.5. The molecule has 24 nitrogen and oxygen atoms in total. The van der Waals surface area contributed by atoms with Gasteiger partial charge in [0.25, 0.3) is 10.0 Å².